The van der Waals surface area contributed by atoms with Gasteiger partial charge in [0.25, 0.3) is 6.01 Å². The van der Waals surface area contributed by atoms with Crippen molar-refractivity contribution in [1.29, 1.82) is 0 Å². The fraction of sp³-hybridized carbons (Fsp3) is 0.375. The molecule has 0 radical (unpaired) electrons. The van der Waals surface area contributed by atoms with E-state index < -0.39 is 5.54 Å². The molecule has 3 aromatic rings. The number of amides is 1. The summed E-state index contributed by atoms with van der Waals surface area (Å²) < 4.78 is 24.1. The Labute approximate surface area is 142 Å². The third-order valence-electron chi connectivity index (χ3n) is 4.25. The fourth-order valence-electron chi connectivity index (χ4n) is 3.17. The van der Waals surface area contributed by atoms with Crippen LogP contribution in [0.5, 0.6) is 0 Å². The fourth-order valence-corrected chi connectivity index (χ4v) is 3.17. The molecule has 8 nitrogen and oxygen atoms in total. The number of nitrogens with one attached hydrogen (secondary N) is 1. The molecule has 0 aliphatic carbocycles. The van der Waals surface area contributed by atoms with E-state index in [0.29, 0.717) is 48.3 Å². The quantitative estimate of drug-likeness (QED) is 0.774. The lowest BCUT2D eigenvalue weighted by Crippen LogP contribution is -2.48. The van der Waals surface area contributed by atoms with E-state index in [1.54, 1.807) is 13.0 Å². The number of rotatable bonds is 3. The number of nitrogens with zero attached hydrogens (tertiary/aromatic N) is 4. The van der Waals surface area contributed by atoms with Crippen molar-refractivity contribution < 1.29 is 18.1 Å². The van der Waals surface area contributed by atoms with Crippen molar-refractivity contribution in [1.82, 2.24) is 20.4 Å². The van der Waals surface area contributed by atoms with Crippen molar-refractivity contribution >= 4 is 23.0 Å². The predicted molar refractivity (Wildman–Crippen MR) is 85.3 cm³/mol. The van der Waals surface area contributed by atoms with Crippen molar-refractivity contribution in [2.75, 3.05) is 18.0 Å². The second kappa shape index (κ2) is 5.54. The van der Waals surface area contributed by atoms with Crippen LogP contribution in [0.2, 0.25) is 0 Å². The average molecular weight is 345 g/mol. The molecule has 1 aromatic carbocycles. The maximum absolute atomic E-state index is 13.3. The lowest BCUT2D eigenvalue weighted by Gasteiger charge is -2.26. The van der Waals surface area contributed by atoms with E-state index in [4.69, 9.17) is 8.94 Å². The van der Waals surface area contributed by atoms with Crippen molar-refractivity contribution in [3.05, 3.63) is 35.7 Å². The zero-order valence-corrected chi connectivity index (χ0v) is 13.7. The number of aromatic nitrogens is 3. The van der Waals surface area contributed by atoms with Crippen LogP contribution in [0.15, 0.2) is 27.1 Å². The second-order valence-corrected chi connectivity index (χ2v) is 6.18. The van der Waals surface area contributed by atoms with E-state index in [2.05, 4.69) is 20.4 Å². The van der Waals surface area contributed by atoms with E-state index in [9.17, 15) is 9.18 Å². The van der Waals surface area contributed by atoms with Crippen molar-refractivity contribution in [2.24, 2.45) is 0 Å². The molecule has 1 atom stereocenters. The van der Waals surface area contributed by atoms with Crippen LogP contribution < -0.4 is 10.2 Å². The summed E-state index contributed by atoms with van der Waals surface area (Å²) in [5.74, 6) is 0.285. The summed E-state index contributed by atoms with van der Waals surface area (Å²) in [5, 5.41) is 6.91. The van der Waals surface area contributed by atoms with Crippen LogP contribution in [0.3, 0.4) is 0 Å². The molecule has 1 saturated heterocycles. The van der Waals surface area contributed by atoms with Gasteiger partial charge in [-0.1, -0.05) is 5.16 Å². The van der Waals surface area contributed by atoms with Gasteiger partial charge in [-0.2, -0.15) is 9.97 Å². The summed E-state index contributed by atoms with van der Waals surface area (Å²) >= 11 is 0. The molecule has 9 heteroatoms. The van der Waals surface area contributed by atoms with Crippen LogP contribution in [0.25, 0.3) is 11.1 Å². The molecule has 1 fully saturated rings. The maximum atomic E-state index is 13.3. The number of carbonyl (C=O) groups excluding carboxylic acids is 1. The molecule has 3 heterocycles. The summed E-state index contributed by atoms with van der Waals surface area (Å²) in [6.07, 6.45) is 0.568. The van der Waals surface area contributed by atoms with Gasteiger partial charge in [0.15, 0.2) is 11.4 Å². The number of benzene rings is 1. The molecule has 2 aromatic heterocycles. The predicted octanol–water partition coefficient (Wildman–Crippen LogP) is 1.90. The number of anilines is 1. The minimum absolute atomic E-state index is 0.191. The van der Waals surface area contributed by atoms with E-state index in [0.717, 1.165) is 0 Å². The summed E-state index contributed by atoms with van der Waals surface area (Å²) in [5.41, 5.74) is 0.168. The number of oxazole rings is 1. The van der Waals surface area contributed by atoms with Crippen molar-refractivity contribution in [3.8, 4) is 0 Å². The first kappa shape index (κ1) is 15.6. The van der Waals surface area contributed by atoms with Crippen LogP contribution in [0.4, 0.5) is 10.4 Å². The molecule has 0 bridgehead atoms. The first-order valence-electron chi connectivity index (χ1n) is 7.86. The zero-order chi connectivity index (χ0) is 17.6. The molecule has 0 unspecified atom stereocenters. The topological polar surface area (TPSA) is 97.3 Å². The molecule has 1 N–H and O–H groups in total. The third kappa shape index (κ3) is 2.71. The van der Waals surface area contributed by atoms with Gasteiger partial charge in [0, 0.05) is 26.5 Å². The van der Waals surface area contributed by atoms with Gasteiger partial charge in [0.2, 0.25) is 11.8 Å². The monoisotopic (exact) mass is 345 g/mol. The summed E-state index contributed by atoms with van der Waals surface area (Å²) in [6, 6.07) is 4.56. The van der Waals surface area contributed by atoms with Gasteiger partial charge in [0.1, 0.15) is 16.9 Å². The Hall–Kier alpha value is -2.97. The molecule has 4 rings (SSSR count). The summed E-state index contributed by atoms with van der Waals surface area (Å²) in [7, 11) is 0. The van der Waals surface area contributed by atoms with Gasteiger partial charge in [0.05, 0.1) is 6.54 Å². The number of aryl methyl sites for hydroxylation is 1. The van der Waals surface area contributed by atoms with E-state index in [1.165, 1.54) is 19.1 Å². The minimum Gasteiger partial charge on any atom is -0.423 e. The van der Waals surface area contributed by atoms with Crippen molar-refractivity contribution in [3.63, 3.8) is 0 Å². The molecule has 0 spiro atoms. The number of carbonyl (C=O) groups is 1. The van der Waals surface area contributed by atoms with E-state index in [-0.39, 0.29) is 11.7 Å². The van der Waals surface area contributed by atoms with Gasteiger partial charge < -0.3 is 19.2 Å². The number of hydrogen-bond donors (Lipinski definition) is 1. The molecule has 1 aliphatic rings. The highest BCUT2D eigenvalue weighted by atomic mass is 19.1. The van der Waals surface area contributed by atoms with Gasteiger partial charge in [-0.25, -0.2) is 4.39 Å². The molecular weight excluding hydrogens is 329 g/mol. The van der Waals surface area contributed by atoms with Crippen LogP contribution >= 0.6 is 0 Å². The molecule has 0 saturated carbocycles. The number of hydrogen-bond acceptors (Lipinski definition) is 7. The Morgan fingerprint density at radius 2 is 2.24 bits per heavy atom. The Bertz CT molecular complexity index is 952. The molecule has 25 heavy (non-hydrogen) atoms. The first-order valence-corrected chi connectivity index (χ1v) is 7.86. The standard InChI is InChI=1S/C16H16FN5O3/c1-9(23)20-16(14-18-10(2)25-21-14)5-6-22(8-16)15-19-12-7-11(17)3-4-13(12)24-15/h3-4,7H,5-6,8H2,1-2H3,(H,20,23)/t16-/m0/s1. The van der Waals surface area contributed by atoms with E-state index in [1.807, 2.05) is 4.90 Å². The third-order valence-corrected chi connectivity index (χ3v) is 4.25. The lowest BCUT2D eigenvalue weighted by molar-refractivity contribution is -0.120. The molecule has 1 amide bonds. The second-order valence-electron chi connectivity index (χ2n) is 6.18. The summed E-state index contributed by atoms with van der Waals surface area (Å²) in [4.78, 5) is 22.2. The Morgan fingerprint density at radius 3 is 2.96 bits per heavy atom. The maximum Gasteiger partial charge on any atom is 0.298 e. The highest BCUT2D eigenvalue weighted by Crippen LogP contribution is 2.34. The molecule has 1 aliphatic heterocycles. The number of halogens is 1. The minimum atomic E-state index is -0.782. The number of fused-ring (bicyclic) bond motifs is 1. The Kier molecular flexibility index (Phi) is 3.45. The van der Waals surface area contributed by atoms with Gasteiger partial charge >= 0.3 is 0 Å². The molecular formula is C16H16FN5O3. The average Bonchev–Trinajstić information content (AvgIpc) is 3.24. The zero-order valence-electron chi connectivity index (χ0n) is 13.7. The van der Waals surface area contributed by atoms with Crippen LogP contribution in [-0.4, -0.2) is 34.1 Å². The Morgan fingerprint density at radius 1 is 1.40 bits per heavy atom. The lowest BCUT2D eigenvalue weighted by atomic mass is 9.97. The first-order chi connectivity index (χ1) is 11.9. The smallest absolute Gasteiger partial charge is 0.298 e. The summed E-state index contributed by atoms with van der Waals surface area (Å²) in [6.45, 7) is 4.09. The van der Waals surface area contributed by atoms with Crippen molar-refractivity contribution in [2.45, 2.75) is 25.8 Å². The van der Waals surface area contributed by atoms with Gasteiger partial charge in [-0.15, -0.1) is 0 Å². The molecule has 130 valence electrons. The van der Waals surface area contributed by atoms with Gasteiger partial charge in [-0.3, -0.25) is 4.79 Å². The largest absolute Gasteiger partial charge is 0.423 e. The van der Waals surface area contributed by atoms with Crippen LogP contribution in [0, 0.1) is 12.7 Å². The normalized spacial score (nSPS) is 20.4. The van der Waals surface area contributed by atoms with Crippen LogP contribution in [0.1, 0.15) is 25.1 Å². The Balaban J connectivity index is 1.67. The SMILES string of the molecule is CC(=O)N[C@@]1(c2noc(C)n2)CCN(c2nc3cc(F)ccc3o2)C1. The van der Waals surface area contributed by atoms with E-state index >= 15 is 0 Å². The highest BCUT2D eigenvalue weighted by Gasteiger charge is 2.45. The van der Waals surface area contributed by atoms with Crippen LogP contribution in [-0.2, 0) is 10.3 Å². The highest BCUT2D eigenvalue weighted by molar-refractivity contribution is 5.75. The van der Waals surface area contributed by atoms with Gasteiger partial charge in [-0.05, 0) is 18.6 Å².